The molecule has 0 bridgehead atoms. The molecule has 1 aliphatic heterocycles. The summed E-state index contributed by atoms with van der Waals surface area (Å²) < 4.78 is 12.8. The highest BCUT2D eigenvalue weighted by molar-refractivity contribution is 6.47. The Balaban J connectivity index is 1.51. The molecule has 0 radical (unpaired) electrons. The highest BCUT2D eigenvalue weighted by Gasteiger charge is 2.50. The van der Waals surface area contributed by atoms with E-state index >= 15 is 0 Å². The SMILES string of the molecule is CC(C)C(OBc1ccc2c(c1)Oc1ccccc1C21c2ccccc2-c2ccccc21)C(C)(C)O. The zero-order valence-corrected chi connectivity index (χ0v) is 21.3. The van der Waals surface area contributed by atoms with E-state index in [4.69, 9.17) is 9.39 Å². The van der Waals surface area contributed by atoms with Crippen LogP contribution in [-0.4, -0.2) is 24.3 Å². The fourth-order valence-corrected chi connectivity index (χ4v) is 6.39. The van der Waals surface area contributed by atoms with Crippen molar-refractivity contribution < 1.29 is 14.5 Å². The molecule has 0 saturated carbocycles. The van der Waals surface area contributed by atoms with E-state index in [2.05, 4.69) is 98.8 Å². The van der Waals surface area contributed by atoms with Gasteiger partial charge in [0, 0.05) is 11.1 Å². The number of benzene rings is 4. The van der Waals surface area contributed by atoms with Crippen molar-refractivity contribution in [3.05, 3.63) is 113 Å². The van der Waals surface area contributed by atoms with Crippen LogP contribution in [0.5, 0.6) is 11.5 Å². The summed E-state index contributed by atoms with van der Waals surface area (Å²) in [5, 5.41) is 10.6. The average Bonchev–Trinajstić information content (AvgIpc) is 3.14. The third-order valence-corrected chi connectivity index (χ3v) is 7.64. The molecule has 180 valence electrons. The van der Waals surface area contributed by atoms with Crippen molar-refractivity contribution in [1.82, 2.24) is 0 Å². The van der Waals surface area contributed by atoms with Gasteiger partial charge in [-0.3, -0.25) is 0 Å². The monoisotopic (exact) mass is 474 g/mol. The van der Waals surface area contributed by atoms with Gasteiger partial charge in [0.05, 0.1) is 17.1 Å². The largest absolute Gasteiger partial charge is 0.457 e. The van der Waals surface area contributed by atoms with Gasteiger partial charge in [-0.1, -0.05) is 92.7 Å². The summed E-state index contributed by atoms with van der Waals surface area (Å²) in [5.74, 6) is 1.93. The van der Waals surface area contributed by atoms with Crippen LogP contribution in [0.25, 0.3) is 11.1 Å². The van der Waals surface area contributed by atoms with Crippen molar-refractivity contribution in [2.45, 2.75) is 44.8 Å². The van der Waals surface area contributed by atoms with Crippen LogP contribution in [-0.2, 0) is 10.1 Å². The minimum atomic E-state index is -0.918. The second-order valence-electron chi connectivity index (χ2n) is 10.9. The van der Waals surface area contributed by atoms with Crippen molar-refractivity contribution in [1.29, 1.82) is 0 Å². The van der Waals surface area contributed by atoms with Crippen LogP contribution in [0.3, 0.4) is 0 Å². The molecular formula is C32H31BO3. The van der Waals surface area contributed by atoms with Gasteiger partial charge in [-0.2, -0.15) is 0 Å². The Bertz CT molecular complexity index is 1400. The van der Waals surface area contributed by atoms with E-state index in [1.54, 1.807) is 0 Å². The average molecular weight is 474 g/mol. The van der Waals surface area contributed by atoms with E-state index < -0.39 is 11.0 Å². The Kier molecular flexibility index (Phi) is 5.36. The molecule has 3 nitrogen and oxygen atoms in total. The number of fused-ring (bicyclic) bond motifs is 9. The second kappa shape index (κ2) is 8.36. The minimum absolute atomic E-state index is 0.195. The Morgan fingerprint density at radius 2 is 1.31 bits per heavy atom. The standard InChI is InChI=1S/C32H31BO3/c1-20(2)30(31(3,4)34)36-33-21-17-18-27-29(19-21)35-28-16-10-9-15-26(28)32(27)24-13-7-5-11-22(24)23-12-6-8-14-25(23)32/h5-20,30,33-34H,1-4H3. The number of hydrogen-bond acceptors (Lipinski definition) is 3. The lowest BCUT2D eigenvalue weighted by Gasteiger charge is -2.39. The Morgan fingerprint density at radius 3 is 1.92 bits per heavy atom. The van der Waals surface area contributed by atoms with Gasteiger partial charge in [-0.05, 0) is 59.6 Å². The first-order chi connectivity index (χ1) is 17.3. The summed E-state index contributed by atoms with van der Waals surface area (Å²) in [5.41, 5.74) is 7.09. The van der Waals surface area contributed by atoms with Crippen LogP contribution in [0.4, 0.5) is 0 Å². The topological polar surface area (TPSA) is 38.7 Å². The first-order valence-electron chi connectivity index (χ1n) is 12.8. The number of para-hydroxylation sites is 1. The lowest BCUT2D eigenvalue weighted by atomic mass is 9.65. The normalized spacial score (nSPS) is 15.5. The fourth-order valence-electron chi connectivity index (χ4n) is 6.39. The third-order valence-electron chi connectivity index (χ3n) is 7.64. The van der Waals surface area contributed by atoms with Gasteiger partial charge in [0.2, 0.25) is 0 Å². The number of rotatable bonds is 5. The molecular weight excluding hydrogens is 443 g/mol. The van der Waals surface area contributed by atoms with Crippen LogP contribution in [0.2, 0.25) is 0 Å². The summed E-state index contributed by atoms with van der Waals surface area (Å²) in [4.78, 5) is 0. The van der Waals surface area contributed by atoms with E-state index in [1.807, 2.05) is 19.9 Å². The quantitative estimate of drug-likeness (QED) is 0.314. The Hall–Kier alpha value is -3.34. The van der Waals surface area contributed by atoms with Gasteiger partial charge >= 0.3 is 7.48 Å². The first kappa shape index (κ1) is 23.1. The lowest BCUT2D eigenvalue weighted by molar-refractivity contribution is -0.0534. The van der Waals surface area contributed by atoms with E-state index in [0.717, 1.165) is 22.5 Å². The van der Waals surface area contributed by atoms with Crippen molar-refractivity contribution in [2.75, 3.05) is 0 Å². The van der Waals surface area contributed by atoms with Gasteiger partial charge in [-0.25, -0.2) is 0 Å². The molecule has 36 heavy (non-hydrogen) atoms. The summed E-state index contributed by atoms with van der Waals surface area (Å²) in [7, 11) is 0.408. The predicted octanol–water partition coefficient (Wildman–Crippen LogP) is 5.94. The minimum Gasteiger partial charge on any atom is -0.457 e. The molecule has 4 heteroatoms. The van der Waals surface area contributed by atoms with E-state index in [9.17, 15) is 5.11 Å². The van der Waals surface area contributed by atoms with E-state index in [-0.39, 0.29) is 12.0 Å². The summed E-state index contributed by atoms with van der Waals surface area (Å²) in [6, 6.07) is 32.3. The molecule has 4 aromatic rings. The summed E-state index contributed by atoms with van der Waals surface area (Å²) in [6.45, 7) is 7.77. The van der Waals surface area contributed by atoms with Crippen LogP contribution in [0, 0.1) is 5.92 Å². The maximum Gasteiger partial charge on any atom is 0.309 e. The molecule has 0 aromatic heterocycles. The fraction of sp³-hybridized carbons (Fsp3) is 0.250. The number of ether oxygens (including phenoxy) is 1. The molecule has 6 rings (SSSR count). The van der Waals surface area contributed by atoms with Gasteiger partial charge in [0.25, 0.3) is 0 Å². The van der Waals surface area contributed by atoms with Crippen LogP contribution < -0.4 is 10.2 Å². The van der Waals surface area contributed by atoms with Gasteiger partial charge in [0.15, 0.2) is 0 Å². The molecule has 1 atom stereocenters. The van der Waals surface area contributed by atoms with Crippen molar-refractivity contribution in [3.63, 3.8) is 0 Å². The molecule has 2 aliphatic rings. The Morgan fingerprint density at radius 1 is 0.750 bits per heavy atom. The lowest BCUT2D eigenvalue weighted by Crippen LogP contribution is -2.44. The molecule has 1 unspecified atom stereocenters. The molecule has 0 fully saturated rings. The van der Waals surface area contributed by atoms with Gasteiger partial charge < -0.3 is 14.5 Å². The first-order valence-corrected chi connectivity index (χ1v) is 12.8. The van der Waals surface area contributed by atoms with Crippen molar-refractivity contribution in [3.8, 4) is 22.6 Å². The van der Waals surface area contributed by atoms with Crippen LogP contribution in [0.15, 0.2) is 91.0 Å². The maximum atomic E-state index is 10.6. The van der Waals surface area contributed by atoms with E-state index in [0.29, 0.717) is 7.48 Å². The van der Waals surface area contributed by atoms with Crippen LogP contribution >= 0.6 is 0 Å². The highest BCUT2D eigenvalue weighted by Crippen LogP contribution is 2.61. The van der Waals surface area contributed by atoms with E-state index in [1.165, 1.54) is 27.8 Å². The predicted molar refractivity (Wildman–Crippen MR) is 147 cm³/mol. The third kappa shape index (κ3) is 3.36. The maximum absolute atomic E-state index is 10.6. The molecule has 0 saturated heterocycles. The molecule has 4 aromatic carbocycles. The molecule has 1 heterocycles. The Labute approximate surface area is 214 Å². The van der Waals surface area contributed by atoms with Crippen LogP contribution in [0.1, 0.15) is 49.9 Å². The zero-order chi connectivity index (χ0) is 25.1. The number of hydrogen-bond donors (Lipinski definition) is 1. The molecule has 0 amide bonds. The summed E-state index contributed by atoms with van der Waals surface area (Å²) in [6.07, 6.45) is -0.268. The summed E-state index contributed by atoms with van der Waals surface area (Å²) >= 11 is 0. The van der Waals surface area contributed by atoms with Gasteiger partial charge in [0.1, 0.15) is 11.5 Å². The van der Waals surface area contributed by atoms with Crippen molar-refractivity contribution >= 4 is 12.9 Å². The number of aliphatic hydroxyl groups is 1. The second-order valence-corrected chi connectivity index (χ2v) is 10.9. The highest BCUT2D eigenvalue weighted by atomic mass is 16.5. The molecule has 1 aliphatic carbocycles. The molecule has 1 spiro atoms. The zero-order valence-electron chi connectivity index (χ0n) is 21.3. The smallest absolute Gasteiger partial charge is 0.309 e. The van der Waals surface area contributed by atoms with Gasteiger partial charge in [-0.15, -0.1) is 0 Å². The van der Waals surface area contributed by atoms with Crippen molar-refractivity contribution in [2.24, 2.45) is 5.92 Å². The molecule has 1 N–H and O–H groups in total.